The van der Waals surface area contributed by atoms with Crippen LogP contribution in [0.3, 0.4) is 0 Å². The summed E-state index contributed by atoms with van der Waals surface area (Å²) >= 11 is 0.949. The predicted octanol–water partition coefficient (Wildman–Crippen LogP) is 5.24. The number of para-hydroxylation sites is 2. The minimum atomic E-state index is -4.42. The van der Waals surface area contributed by atoms with Gasteiger partial charge in [-0.25, -0.2) is 4.98 Å². The number of thioether (sulfide) groups is 1. The summed E-state index contributed by atoms with van der Waals surface area (Å²) < 4.78 is 46.0. The Morgan fingerprint density at radius 2 is 1.83 bits per heavy atom. The molecule has 30 heavy (non-hydrogen) atoms. The largest absolute Gasteiger partial charge is 0.492 e. The van der Waals surface area contributed by atoms with Gasteiger partial charge in [0.1, 0.15) is 12.3 Å². The van der Waals surface area contributed by atoms with E-state index in [9.17, 15) is 18.0 Å². The molecule has 0 unspecified atom stereocenters. The number of nitrogens with zero attached hydrogens (tertiary/aromatic N) is 2. The van der Waals surface area contributed by atoms with Crippen molar-refractivity contribution in [1.82, 2.24) is 9.55 Å². The zero-order chi connectivity index (χ0) is 21.6. The van der Waals surface area contributed by atoms with Gasteiger partial charge in [-0.1, -0.05) is 54.2 Å². The number of aromatic nitrogens is 2. The van der Waals surface area contributed by atoms with Crippen LogP contribution in [-0.2, 0) is 11.3 Å². The summed E-state index contributed by atoms with van der Waals surface area (Å²) in [7, 11) is 0. The summed E-state index contributed by atoms with van der Waals surface area (Å²) in [5.41, 5.74) is 1.47. The van der Waals surface area contributed by atoms with Crippen molar-refractivity contribution in [2.75, 3.05) is 17.7 Å². The summed E-state index contributed by atoms with van der Waals surface area (Å²) in [6, 6.07) is 15.7. The molecule has 1 N–H and O–H groups in total. The normalized spacial score (nSPS) is 11.3. The van der Waals surface area contributed by atoms with Gasteiger partial charge in [0, 0.05) is 0 Å². The van der Waals surface area contributed by atoms with E-state index >= 15 is 0 Å². The van der Waals surface area contributed by atoms with Crippen LogP contribution in [-0.4, -0.2) is 34.0 Å². The van der Waals surface area contributed by atoms with Crippen LogP contribution >= 0.6 is 11.8 Å². The molecule has 1 aromatic heterocycles. The number of rotatable bonds is 8. The number of carbonyl (C=O) groups excluding carboxylic acids is 1. The lowest BCUT2D eigenvalue weighted by Crippen LogP contribution is -2.20. The van der Waals surface area contributed by atoms with Crippen LogP contribution in [0.2, 0.25) is 0 Å². The monoisotopic (exact) mass is 435 g/mol. The van der Waals surface area contributed by atoms with Gasteiger partial charge in [0.2, 0.25) is 5.91 Å². The summed E-state index contributed by atoms with van der Waals surface area (Å²) in [6.45, 7) is 1.09. The highest BCUT2D eigenvalue weighted by molar-refractivity contribution is 7.99. The van der Waals surface area contributed by atoms with E-state index in [4.69, 9.17) is 4.74 Å². The van der Waals surface area contributed by atoms with Crippen molar-refractivity contribution in [2.45, 2.75) is 24.8 Å². The first-order valence-electron chi connectivity index (χ1n) is 9.19. The van der Waals surface area contributed by atoms with Gasteiger partial charge in [-0.15, -0.1) is 0 Å². The number of ether oxygens (including phenoxy) is 1. The molecule has 0 fully saturated rings. The Balaban J connectivity index is 1.75. The van der Waals surface area contributed by atoms with Gasteiger partial charge in [-0.3, -0.25) is 4.79 Å². The minimum absolute atomic E-state index is 0.0937. The van der Waals surface area contributed by atoms with Gasteiger partial charge >= 0.3 is 6.18 Å². The molecule has 0 spiro atoms. The number of hydrogen-bond acceptors (Lipinski definition) is 4. The molecule has 3 rings (SSSR count). The molecular weight excluding hydrogens is 415 g/mol. The Morgan fingerprint density at radius 1 is 1.13 bits per heavy atom. The lowest BCUT2D eigenvalue weighted by molar-refractivity contribution is -0.141. The van der Waals surface area contributed by atoms with Crippen molar-refractivity contribution in [3.05, 3.63) is 60.8 Å². The molecule has 0 aliphatic heterocycles. The fraction of sp³-hybridized carbons (Fsp3) is 0.238. The third-order valence-corrected chi connectivity index (χ3v) is 5.01. The van der Waals surface area contributed by atoms with Gasteiger partial charge in [0.05, 0.1) is 29.9 Å². The zero-order valence-electron chi connectivity index (χ0n) is 16.1. The van der Waals surface area contributed by atoms with Crippen molar-refractivity contribution in [2.24, 2.45) is 0 Å². The Morgan fingerprint density at radius 3 is 2.53 bits per heavy atom. The van der Waals surface area contributed by atoms with Gasteiger partial charge in [0.15, 0.2) is 5.16 Å². The molecule has 0 aliphatic carbocycles. The molecule has 9 heteroatoms. The van der Waals surface area contributed by atoms with E-state index in [1.54, 1.807) is 54.6 Å². The number of benzene rings is 2. The van der Waals surface area contributed by atoms with Gasteiger partial charge in [-0.05, 0) is 24.6 Å². The van der Waals surface area contributed by atoms with E-state index in [0.717, 1.165) is 16.3 Å². The van der Waals surface area contributed by atoms with E-state index in [0.29, 0.717) is 29.3 Å². The van der Waals surface area contributed by atoms with Gasteiger partial charge < -0.3 is 14.6 Å². The second kappa shape index (κ2) is 9.71. The molecule has 0 aliphatic rings. The average Bonchev–Trinajstić information content (AvgIpc) is 3.09. The fourth-order valence-corrected chi connectivity index (χ4v) is 3.59. The molecular formula is C21H20F3N3O2S. The minimum Gasteiger partial charge on any atom is -0.492 e. The van der Waals surface area contributed by atoms with Crippen LogP contribution in [0.15, 0.2) is 66.0 Å². The van der Waals surface area contributed by atoms with Crippen LogP contribution in [0.25, 0.3) is 11.3 Å². The first-order valence-corrected chi connectivity index (χ1v) is 10.2. The standard InChI is InChI=1S/C21H20F3N3O2S/c1-2-29-18-11-7-6-10-16(18)26-19(28)13-30-20-25-12-17(15-8-4-3-5-9-15)27(20)14-21(22,23)24/h3-12H,2,13-14H2,1H3,(H,26,28). The van der Waals surface area contributed by atoms with E-state index in [1.807, 2.05) is 6.92 Å². The number of alkyl halides is 3. The SMILES string of the molecule is CCOc1ccccc1NC(=O)CSc1ncc(-c2ccccc2)n1CC(F)(F)F. The Hall–Kier alpha value is -2.94. The van der Waals surface area contributed by atoms with Crippen molar-refractivity contribution < 1.29 is 22.7 Å². The average molecular weight is 435 g/mol. The Bertz CT molecular complexity index is 991. The zero-order valence-corrected chi connectivity index (χ0v) is 17.0. The maximum absolute atomic E-state index is 13.1. The predicted molar refractivity (Wildman–Crippen MR) is 111 cm³/mol. The number of carbonyl (C=O) groups is 1. The topological polar surface area (TPSA) is 56.1 Å². The fourth-order valence-electron chi connectivity index (χ4n) is 2.81. The number of hydrogen-bond donors (Lipinski definition) is 1. The van der Waals surface area contributed by atoms with Crippen LogP contribution < -0.4 is 10.1 Å². The number of anilines is 1. The van der Waals surface area contributed by atoms with Crippen molar-refractivity contribution in [1.29, 1.82) is 0 Å². The van der Waals surface area contributed by atoms with E-state index in [2.05, 4.69) is 10.3 Å². The van der Waals surface area contributed by atoms with Crippen LogP contribution in [0.5, 0.6) is 5.75 Å². The third kappa shape index (κ3) is 5.79. The third-order valence-electron chi connectivity index (χ3n) is 4.02. The highest BCUT2D eigenvalue weighted by atomic mass is 32.2. The molecule has 0 bridgehead atoms. The maximum Gasteiger partial charge on any atom is 0.406 e. The molecule has 2 aromatic carbocycles. The first-order chi connectivity index (χ1) is 14.4. The number of imidazole rings is 1. The Kier molecular flexibility index (Phi) is 7.04. The second-order valence-corrected chi connectivity index (χ2v) is 7.20. The van der Waals surface area contributed by atoms with Gasteiger partial charge in [0.25, 0.3) is 0 Å². The number of nitrogens with one attached hydrogen (secondary N) is 1. The van der Waals surface area contributed by atoms with Crippen LogP contribution in [0.4, 0.5) is 18.9 Å². The first kappa shape index (κ1) is 21.8. The van der Waals surface area contributed by atoms with Crippen LogP contribution in [0.1, 0.15) is 6.92 Å². The van der Waals surface area contributed by atoms with Gasteiger partial charge in [-0.2, -0.15) is 13.2 Å². The maximum atomic E-state index is 13.1. The lowest BCUT2D eigenvalue weighted by Gasteiger charge is -2.14. The smallest absolute Gasteiger partial charge is 0.406 e. The van der Waals surface area contributed by atoms with Crippen molar-refractivity contribution in [3.63, 3.8) is 0 Å². The molecule has 1 amide bonds. The molecule has 0 saturated carbocycles. The molecule has 3 aromatic rings. The van der Waals surface area contributed by atoms with Crippen LogP contribution in [0, 0.1) is 0 Å². The summed E-state index contributed by atoms with van der Waals surface area (Å²) in [5.74, 6) is 0.0714. The highest BCUT2D eigenvalue weighted by Gasteiger charge is 2.31. The summed E-state index contributed by atoms with van der Waals surface area (Å²) in [6.07, 6.45) is -3.02. The molecule has 1 heterocycles. The lowest BCUT2D eigenvalue weighted by atomic mass is 10.2. The summed E-state index contributed by atoms with van der Waals surface area (Å²) in [5, 5.41) is 2.85. The number of halogens is 3. The van der Waals surface area contributed by atoms with E-state index in [-0.39, 0.29) is 16.8 Å². The quantitative estimate of drug-likeness (QED) is 0.492. The molecule has 158 valence electrons. The Labute approximate surface area is 176 Å². The summed E-state index contributed by atoms with van der Waals surface area (Å²) in [4.78, 5) is 16.5. The van der Waals surface area contributed by atoms with E-state index in [1.165, 1.54) is 6.20 Å². The van der Waals surface area contributed by atoms with E-state index < -0.39 is 12.7 Å². The second-order valence-electron chi connectivity index (χ2n) is 6.26. The molecule has 0 saturated heterocycles. The number of amides is 1. The van der Waals surface area contributed by atoms with Crippen molar-refractivity contribution >= 4 is 23.4 Å². The van der Waals surface area contributed by atoms with Crippen molar-refractivity contribution in [3.8, 4) is 17.0 Å². The highest BCUT2D eigenvalue weighted by Crippen LogP contribution is 2.30. The molecule has 0 atom stereocenters. The molecule has 5 nitrogen and oxygen atoms in total. The molecule has 0 radical (unpaired) electrons.